The molecule has 0 atom stereocenters. The molecule has 1 aliphatic rings. The normalized spacial score (nSPS) is 13.5. The number of nitrogens with one attached hydrogen (secondary N) is 1. The number of rotatable bonds is 4. The van der Waals surface area contributed by atoms with E-state index in [0.717, 1.165) is 30.2 Å². The lowest BCUT2D eigenvalue weighted by Gasteiger charge is -2.22. The molecule has 0 aliphatic carbocycles. The average molecular weight is 303 g/mol. The smallest absolute Gasteiger partial charge is 0.138 e. The summed E-state index contributed by atoms with van der Waals surface area (Å²) in [5.41, 5.74) is 3.43. The summed E-state index contributed by atoms with van der Waals surface area (Å²) in [6.07, 6.45) is 6.74. The van der Waals surface area contributed by atoms with E-state index in [9.17, 15) is 0 Å². The van der Waals surface area contributed by atoms with Crippen LogP contribution in [0.5, 0.6) is 0 Å². The van der Waals surface area contributed by atoms with Crippen molar-refractivity contribution in [1.82, 2.24) is 14.9 Å². The van der Waals surface area contributed by atoms with Crippen molar-refractivity contribution < 1.29 is 0 Å². The molecule has 4 rings (SSSR count). The van der Waals surface area contributed by atoms with Gasteiger partial charge in [0.05, 0.1) is 17.9 Å². The van der Waals surface area contributed by atoms with Crippen molar-refractivity contribution in [2.75, 3.05) is 6.54 Å². The largest absolute Gasteiger partial charge is 0.371 e. The van der Waals surface area contributed by atoms with Gasteiger partial charge in [0.1, 0.15) is 5.82 Å². The predicted molar refractivity (Wildman–Crippen MR) is 95.9 cm³/mol. The van der Waals surface area contributed by atoms with Gasteiger partial charge >= 0.3 is 0 Å². The molecule has 1 aliphatic heterocycles. The van der Waals surface area contributed by atoms with Crippen LogP contribution in [0.25, 0.3) is 28.2 Å². The Bertz CT molecular complexity index is 860. The standard InChI is InChI=1S/C20H21N3/c1-2-3-11-23-12-10-18-19(14-23)22-20(21-18)17-9-8-15-6-4-5-7-16(15)13-17/h4-10,12-13H,2-3,11,14H2,1H3,(H,21,22). The van der Waals surface area contributed by atoms with Gasteiger partial charge in [-0.1, -0.05) is 49.7 Å². The Labute approximate surface area is 136 Å². The quantitative estimate of drug-likeness (QED) is 0.749. The fourth-order valence-electron chi connectivity index (χ4n) is 3.10. The Hall–Kier alpha value is -2.55. The summed E-state index contributed by atoms with van der Waals surface area (Å²) in [5.74, 6) is 0.961. The number of H-pyrrole nitrogens is 1. The monoisotopic (exact) mass is 303 g/mol. The molecule has 0 spiro atoms. The summed E-state index contributed by atoms with van der Waals surface area (Å²) in [6.45, 7) is 4.26. The third kappa shape index (κ3) is 2.74. The Morgan fingerprint density at radius 3 is 2.87 bits per heavy atom. The highest BCUT2D eigenvalue weighted by Crippen LogP contribution is 2.26. The average Bonchev–Trinajstić information content (AvgIpc) is 3.03. The molecular weight excluding hydrogens is 282 g/mol. The van der Waals surface area contributed by atoms with Gasteiger partial charge in [0, 0.05) is 18.3 Å². The predicted octanol–water partition coefficient (Wildman–Crippen LogP) is 4.82. The second-order valence-electron chi connectivity index (χ2n) is 6.15. The molecular formula is C20H21N3. The summed E-state index contributed by atoms with van der Waals surface area (Å²) >= 11 is 0. The van der Waals surface area contributed by atoms with Gasteiger partial charge in [-0.15, -0.1) is 0 Å². The minimum absolute atomic E-state index is 0.923. The maximum atomic E-state index is 4.77. The zero-order valence-corrected chi connectivity index (χ0v) is 13.4. The van der Waals surface area contributed by atoms with E-state index in [1.54, 1.807) is 0 Å². The van der Waals surface area contributed by atoms with E-state index >= 15 is 0 Å². The number of benzene rings is 2. The van der Waals surface area contributed by atoms with Crippen molar-refractivity contribution in [1.29, 1.82) is 0 Å². The maximum absolute atomic E-state index is 4.77. The van der Waals surface area contributed by atoms with Crippen LogP contribution < -0.4 is 0 Å². The van der Waals surface area contributed by atoms with Gasteiger partial charge in [-0.2, -0.15) is 0 Å². The lowest BCUT2D eigenvalue weighted by atomic mass is 10.1. The molecule has 0 amide bonds. The number of fused-ring (bicyclic) bond motifs is 2. The van der Waals surface area contributed by atoms with E-state index in [0.29, 0.717) is 0 Å². The van der Waals surface area contributed by atoms with Gasteiger partial charge < -0.3 is 9.88 Å². The molecule has 3 aromatic rings. The van der Waals surface area contributed by atoms with E-state index in [-0.39, 0.29) is 0 Å². The first kappa shape index (κ1) is 14.1. The Kier molecular flexibility index (Phi) is 3.62. The fourth-order valence-corrected chi connectivity index (χ4v) is 3.10. The number of nitrogens with zero attached hydrogens (tertiary/aromatic N) is 2. The number of unbranched alkanes of at least 4 members (excludes halogenated alkanes) is 1. The fraction of sp³-hybridized carbons (Fsp3) is 0.250. The summed E-state index contributed by atoms with van der Waals surface area (Å²) in [6, 6.07) is 14.9. The zero-order chi connectivity index (χ0) is 15.6. The minimum atomic E-state index is 0.923. The number of hydrogen-bond donors (Lipinski definition) is 1. The third-order valence-corrected chi connectivity index (χ3v) is 4.44. The van der Waals surface area contributed by atoms with Gasteiger partial charge in [-0.25, -0.2) is 4.98 Å². The van der Waals surface area contributed by atoms with Crippen LogP contribution in [0.15, 0.2) is 48.7 Å². The van der Waals surface area contributed by atoms with Crippen molar-refractivity contribution in [3.05, 3.63) is 60.1 Å². The molecule has 1 aromatic heterocycles. The lowest BCUT2D eigenvalue weighted by molar-refractivity contribution is 0.355. The van der Waals surface area contributed by atoms with E-state index in [1.807, 2.05) is 0 Å². The van der Waals surface area contributed by atoms with Gasteiger partial charge in [-0.3, -0.25) is 0 Å². The summed E-state index contributed by atoms with van der Waals surface area (Å²) in [7, 11) is 0. The second kappa shape index (κ2) is 5.92. The number of aromatic nitrogens is 2. The van der Waals surface area contributed by atoms with Crippen LogP contribution in [0.4, 0.5) is 0 Å². The molecule has 2 aromatic carbocycles. The van der Waals surface area contributed by atoms with Crippen LogP contribution >= 0.6 is 0 Å². The van der Waals surface area contributed by atoms with Crippen LogP contribution in [-0.2, 0) is 6.54 Å². The first-order valence-corrected chi connectivity index (χ1v) is 8.34. The van der Waals surface area contributed by atoms with E-state index in [4.69, 9.17) is 4.98 Å². The summed E-state index contributed by atoms with van der Waals surface area (Å²) < 4.78 is 0. The molecule has 0 bridgehead atoms. The molecule has 0 fully saturated rings. The van der Waals surface area contributed by atoms with Crippen LogP contribution in [0.1, 0.15) is 31.2 Å². The van der Waals surface area contributed by atoms with Gasteiger partial charge in [0.2, 0.25) is 0 Å². The topological polar surface area (TPSA) is 31.9 Å². The van der Waals surface area contributed by atoms with Crippen molar-refractivity contribution in [3.8, 4) is 11.4 Å². The van der Waals surface area contributed by atoms with Gasteiger partial charge in [0.25, 0.3) is 0 Å². The van der Waals surface area contributed by atoms with Crippen LogP contribution in [0.2, 0.25) is 0 Å². The highest BCUT2D eigenvalue weighted by Gasteiger charge is 2.15. The zero-order valence-electron chi connectivity index (χ0n) is 13.4. The second-order valence-corrected chi connectivity index (χ2v) is 6.15. The first-order valence-electron chi connectivity index (χ1n) is 8.34. The molecule has 2 heterocycles. The highest BCUT2D eigenvalue weighted by atomic mass is 15.1. The lowest BCUT2D eigenvalue weighted by Crippen LogP contribution is -2.21. The molecule has 3 nitrogen and oxygen atoms in total. The van der Waals surface area contributed by atoms with Crippen molar-refractivity contribution in [3.63, 3.8) is 0 Å². The molecule has 116 valence electrons. The molecule has 1 N–H and O–H groups in total. The van der Waals surface area contributed by atoms with Crippen molar-refractivity contribution >= 4 is 16.8 Å². The third-order valence-electron chi connectivity index (χ3n) is 4.44. The van der Waals surface area contributed by atoms with E-state index in [2.05, 4.69) is 71.5 Å². The number of aromatic amines is 1. The summed E-state index contributed by atoms with van der Waals surface area (Å²) in [4.78, 5) is 10.6. The molecule has 0 saturated carbocycles. The SMILES string of the molecule is CCCCN1C=Cc2nc(-c3ccc4ccccc4c3)[nH]c2C1. The molecule has 3 heteroatoms. The Morgan fingerprint density at radius 2 is 2.00 bits per heavy atom. The van der Waals surface area contributed by atoms with E-state index < -0.39 is 0 Å². The van der Waals surface area contributed by atoms with Gasteiger partial charge in [-0.05, 0) is 29.3 Å². The highest BCUT2D eigenvalue weighted by molar-refractivity contribution is 5.86. The Balaban J connectivity index is 1.63. The van der Waals surface area contributed by atoms with Crippen LogP contribution in [-0.4, -0.2) is 21.4 Å². The van der Waals surface area contributed by atoms with E-state index in [1.165, 1.54) is 29.3 Å². The van der Waals surface area contributed by atoms with Gasteiger partial charge in [0.15, 0.2) is 0 Å². The Morgan fingerprint density at radius 1 is 1.13 bits per heavy atom. The van der Waals surface area contributed by atoms with Crippen LogP contribution in [0.3, 0.4) is 0 Å². The minimum Gasteiger partial charge on any atom is -0.371 e. The molecule has 23 heavy (non-hydrogen) atoms. The van der Waals surface area contributed by atoms with Crippen LogP contribution in [0, 0.1) is 0 Å². The molecule has 0 radical (unpaired) electrons. The number of imidazole rings is 1. The summed E-state index contributed by atoms with van der Waals surface area (Å²) in [5, 5.41) is 2.51. The maximum Gasteiger partial charge on any atom is 0.138 e. The first-order chi connectivity index (χ1) is 11.3. The molecule has 0 unspecified atom stereocenters. The van der Waals surface area contributed by atoms with Crippen molar-refractivity contribution in [2.45, 2.75) is 26.3 Å². The van der Waals surface area contributed by atoms with Crippen molar-refractivity contribution in [2.24, 2.45) is 0 Å². The number of hydrogen-bond acceptors (Lipinski definition) is 2. The molecule has 0 saturated heterocycles.